The van der Waals surface area contributed by atoms with Gasteiger partial charge in [-0.05, 0) is 44.2 Å². The predicted octanol–water partition coefficient (Wildman–Crippen LogP) is 2.92. The summed E-state index contributed by atoms with van der Waals surface area (Å²) in [6.45, 7) is 5.85. The number of amides is 1. The Morgan fingerprint density at radius 3 is 2.46 bits per heavy atom. The Morgan fingerprint density at radius 2 is 1.93 bits per heavy atom. The van der Waals surface area contributed by atoms with E-state index in [4.69, 9.17) is 4.74 Å². The molecule has 2 aromatic carbocycles. The Morgan fingerprint density at radius 1 is 1.29 bits per heavy atom. The van der Waals surface area contributed by atoms with E-state index < -0.39 is 22.3 Å². The SMILES string of the molecule is CCN(CC)c1ccc(C(=O)N/N=C/c2cc(OC)c(O)c([N+](=O)[O-])c2)cc1. The van der Waals surface area contributed by atoms with E-state index in [9.17, 15) is 20.0 Å². The van der Waals surface area contributed by atoms with Gasteiger partial charge in [0, 0.05) is 36.0 Å². The largest absolute Gasteiger partial charge is 0.500 e. The monoisotopic (exact) mass is 386 g/mol. The molecular weight excluding hydrogens is 364 g/mol. The smallest absolute Gasteiger partial charge is 0.315 e. The predicted molar refractivity (Wildman–Crippen MR) is 106 cm³/mol. The summed E-state index contributed by atoms with van der Waals surface area (Å²) in [7, 11) is 1.28. The first-order valence-electron chi connectivity index (χ1n) is 8.65. The van der Waals surface area contributed by atoms with Crippen molar-refractivity contribution >= 4 is 23.5 Å². The first-order chi connectivity index (χ1) is 13.4. The Labute approximate surface area is 162 Å². The third kappa shape index (κ3) is 4.76. The minimum atomic E-state index is -0.731. The van der Waals surface area contributed by atoms with Crippen molar-refractivity contribution < 1.29 is 19.6 Å². The van der Waals surface area contributed by atoms with Crippen molar-refractivity contribution in [2.45, 2.75) is 13.8 Å². The molecule has 0 aliphatic carbocycles. The van der Waals surface area contributed by atoms with Gasteiger partial charge in [0.1, 0.15) is 0 Å². The quantitative estimate of drug-likeness (QED) is 0.409. The van der Waals surface area contributed by atoms with Gasteiger partial charge in [0.05, 0.1) is 18.2 Å². The molecule has 0 saturated heterocycles. The Bertz CT molecular complexity index is 877. The maximum atomic E-state index is 12.2. The van der Waals surface area contributed by atoms with Gasteiger partial charge in [0.2, 0.25) is 5.75 Å². The summed E-state index contributed by atoms with van der Waals surface area (Å²) in [6, 6.07) is 9.63. The topological polar surface area (TPSA) is 117 Å². The minimum Gasteiger partial charge on any atom is -0.500 e. The zero-order valence-corrected chi connectivity index (χ0v) is 15.9. The first kappa shape index (κ1) is 20.7. The van der Waals surface area contributed by atoms with Gasteiger partial charge in [-0.3, -0.25) is 14.9 Å². The molecule has 0 unspecified atom stereocenters. The molecule has 0 aromatic heterocycles. The fraction of sp³-hybridized carbons (Fsp3) is 0.263. The van der Waals surface area contributed by atoms with Crippen molar-refractivity contribution in [2.24, 2.45) is 5.10 Å². The lowest BCUT2D eigenvalue weighted by atomic mass is 10.2. The van der Waals surface area contributed by atoms with Crippen molar-refractivity contribution in [1.29, 1.82) is 0 Å². The molecule has 28 heavy (non-hydrogen) atoms. The zero-order valence-electron chi connectivity index (χ0n) is 15.9. The highest BCUT2D eigenvalue weighted by molar-refractivity contribution is 5.95. The number of phenols is 1. The molecule has 1 amide bonds. The van der Waals surface area contributed by atoms with Crippen molar-refractivity contribution in [3.8, 4) is 11.5 Å². The van der Waals surface area contributed by atoms with Crippen molar-refractivity contribution in [3.05, 3.63) is 57.6 Å². The number of carbonyl (C=O) groups excluding carboxylic acids is 1. The molecule has 0 saturated carbocycles. The van der Waals surface area contributed by atoms with E-state index in [-0.39, 0.29) is 5.75 Å². The maximum Gasteiger partial charge on any atom is 0.315 e. The van der Waals surface area contributed by atoms with Gasteiger partial charge >= 0.3 is 5.69 Å². The van der Waals surface area contributed by atoms with Crippen molar-refractivity contribution in [2.75, 3.05) is 25.1 Å². The van der Waals surface area contributed by atoms with E-state index in [0.717, 1.165) is 24.8 Å². The number of rotatable bonds is 8. The molecule has 0 heterocycles. The molecule has 0 aliphatic rings. The molecule has 0 spiro atoms. The highest BCUT2D eigenvalue weighted by Gasteiger charge is 2.19. The number of phenolic OH excluding ortho intramolecular Hbond substituents is 1. The number of nitro benzene ring substituents is 1. The van der Waals surface area contributed by atoms with Gasteiger partial charge in [-0.15, -0.1) is 0 Å². The lowest BCUT2D eigenvalue weighted by molar-refractivity contribution is -0.386. The first-order valence-corrected chi connectivity index (χ1v) is 8.65. The minimum absolute atomic E-state index is 0.0611. The van der Waals surface area contributed by atoms with Crippen LogP contribution >= 0.6 is 0 Å². The number of hydrogen-bond donors (Lipinski definition) is 2. The number of nitrogens with one attached hydrogen (secondary N) is 1. The molecule has 9 heteroatoms. The van der Waals surface area contributed by atoms with Crippen LogP contribution in [0.2, 0.25) is 0 Å². The average Bonchev–Trinajstić information content (AvgIpc) is 2.70. The molecule has 0 aliphatic heterocycles. The van der Waals surface area contributed by atoms with Crippen LogP contribution in [0, 0.1) is 10.1 Å². The zero-order chi connectivity index (χ0) is 20.7. The lowest BCUT2D eigenvalue weighted by Crippen LogP contribution is -2.22. The van der Waals surface area contributed by atoms with Crippen LogP contribution in [0.3, 0.4) is 0 Å². The fourth-order valence-corrected chi connectivity index (χ4v) is 2.63. The molecule has 9 nitrogen and oxygen atoms in total. The van der Waals surface area contributed by atoms with Crippen molar-refractivity contribution in [1.82, 2.24) is 5.43 Å². The van der Waals surface area contributed by atoms with Crippen LogP contribution < -0.4 is 15.1 Å². The van der Waals surface area contributed by atoms with E-state index in [2.05, 4.69) is 29.3 Å². The summed E-state index contributed by atoms with van der Waals surface area (Å²) in [6.07, 6.45) is 1.23. The van der Waals surface area contributed by atoms with Crippen LogP contribution in [0.4, 0.5) is 11.4 Å². The van der Waals surface area contributed by atoms with E-state index >= 15 is 0 Å². The van der Waals surface area contributed by atoms with Crippen LogP contribution in [0.25, 0.3) is 0 Å². The Balaban J connectivity index is 2.11. The number of aromatic hydroxyl groups is 1. The second-order valence-electron chi connectivity index (χ2n) is 5.77. The Kier molecular flexibility index (Phi) is 6.91. The Hall–Kier alpha value is -3.62. The van der Waals surface area contributed by atoms with E-state index in [1.165, 1.54) is 19.4 Å². The molecule has 0 bridgehead atoms. The number of benzene rings is 2. The van der Waals surface area contributed by atoms with E-state index in [0.29, 0.717) is 11.1 Å². The number of nitro groups is 1. The number of methoxy groups -OCH3 is 1. The second kappa shape index (κ2) is 9.36. The standard InChI is InChI=1S/C19H22N4O5/c1-4-22(5-2)15-8-6-14(7-9-15)19(25)21-20-12-13-10-16(23(26)27)18(24)17(11-13)28-3/h6-12,24H,4-5H2,1-3H3,(H,21,25)/b20-12+. The number of hydrazone groups is 1. The third-order valence-electron chi connectivity index (χ3n) is 4.13. The van der Waals surface area contributed by atoms with E-state index in [1.807, 2.05) is 12.1 Å². The van der Waals surface area contributed by atoms with Crippen LogP contribution in [0.15, 0.2) is 41.5 Å². The highest BCUT2D eigenvalue weighted by atomic mass is 16.6. The molecule has 2 rings (SSSR count). The number of carbonyl (C=O) groups is 1. The summed E-state index contributed by atoms with van der Waals surface area (Å²) >= 11 is 0. The molecule has 2 N–H and O–H groups in total. The number of ether oxygens (including phenoxy) is 1. The number of hydrogen-bond acceptors (Lipinski definition) is 7. The fourth-order valence-electron chi connectivity index (χ4n) is 2.63. The average molecular weight is 386 g/mol. The van der Waals surface area contributed by atoms with Gasteiger partial charge in [-0.2, -0.15) is 5.10 Å². The van der Waals surface area contributed by atoms with Gasteiger partial charge in [-0.25, -0.2) is 5.43 Å². The second-order valence-corrected chi connectivity index (χ2v) is 5.77. The van der Waals surface area contributed by atoms with Gasteiger partial charge in [0.25, 0.3) is 5.91 Å². The molecule has 2 aromatic rings. The van der Waals surface area contributed by atoms with Crippen molar-refractivity contribution in [3.63, 3.8) is 0 Å². The molecule has 0 radical (unpaired) electrons. The van der Waals surface area contributed by atoms with E-state index in [1.54, 1.807) is 12.1 Å². The molecule has 0 fully saturated rings. The third-order valence-corrected chi connectivity index (χ3v) is 4.13. The van der Waals surface area contributed by atoms with Gasteiger partial charge in [-0.1, -0.05) is 0 Å². The van der Waals surface area contributed by atoms with Crippen LogP contribution in [-0.2, 0) is 0 Å². The lowest BCUT2D eigenvalue weighted by Gasteiger charge is -2.20. The summed E-state index contributed by atoms with van der Waals surface area (Å²) in [5, 5.41) is 24.6. The summed E-state index contributed by atoms with van der Waals surface area (Å²) in [4.78, 5) is 24.6. The van der Waals surface area contributed by atoms with Crippen LogP contribution in [0.1, 0.15) is 29.8 Å². The van der Waals surface area contributed by atoms with Crippen LogP contribution in [-0.4, -0.2) is 42.4 Å². The molecule has 0 atom stereocenters. The normalized spacial score (nSPS) is 10.7. The number of anilines is 1. The molecular formula is C19H22N4O5. The molecule has 148 valence electrons. The van der Waals surface area contributed by atoms with Gasteiger partial charge < -0.3 is 14.7 Å². The number of nitrogens with zero attached hydrogens (tertiary/aromatic N) is 3. The highest BCUT2D eigenvalue weighted by Crippen LogP contribution is 2.36. The van der Waals surface area contributed by atoms with Gasteiger partial charge in [0.15, 0.2) is 5.75 Å². The summed E-state index contributed by atoms with van der Waals surface area (Å²) in [5.74, 6) is -1.04. The summed E-state index contributed by atoms with van der Waals surface area (Å²) < 4.78 is 4.91. The van der Waals surface area contributed by atoms with Crippen LogP contribution in [0.5, 0.6) is 11.5 Å². The summed E-state index contributed by atoms with van der Waals surface area (Å²) in [5.41, 5.74) is 3.60. The maximum absolute atomic E-state index is 12.2.